The van der Waals surface area contributed by atoms with Gasteiger partial charge < -0.3 is 10.5 Å². The number of nitrogens with zero attached hydrogens (tertiary/aromatic N) is 1. The summed E-state index contributed by atoms with van der Waals surface area (Å²) in [6, 6.07) is 11.4. The van der Waals surface area contributed by atoms with Crippen LogP contribution in [0.4, 0.5) is 10.1 Å². The number of benzene rings is 2. The Bertz CT molecular complexity index is 647. The zero-order valence-corrected chi connectivity index (χ0v) is 10.5. The Labute approximate surface area is 111 Å². The van der Waals surface area contributed by atoms with E-state index < -0.39 is 5.82 Å². The standard InChI is InChI=1S/C15H13FN2O/c1-10-4-14(18)2-3-15(10)19-9-12-5-11(8-17)6-13(16)7-12/h2-7H,9,18H2,1H3. The molecule has 0 fully saturated rings. The fourth-order valence-electron chi connectivity index (χ4n) is 1.79. The molecular weight excluding hydrogens is 243 g/mol. The highest BCUT2D eigenvalue weighted by Gasteiger charge is 2.04. The van der Waals surface area contributed by atoms with Gasteiger partial charge in [-0.2, -0.15) is 5.26 Å². The Morgan fingerprint density at radius 3 is 2.74 bits per heavy atom. The molecule has 2 aromatic carbocycles. The summed E-state index contributed by atoms with van der Waals surface area (Å²) in [5.74, 6) is 0.253. The van der Waals surface area contributed by atoms with Crippen molar-refractivity contribution < 1.29 is 9.13 Å². The van der Waals surface area contributed by atoms with Gasteiger partial charge in [-0.25, -0.2) is 4.39 Å². The summed E-state index contributed by atoms with van der Waals surface area (Å²) >= 11 is 0. The van der Waals surface area contributed by atoms with E-state index in [-0.39, 0.29) is 12.2 Å². The van der Waals surface area contributed by atoms with Crippen LogP contribution in [0.15, 0.2) is 36.4 Å². The number of aryl methyl sites for hydroxylation is 1. The van der Waals surface area contributed by atoms with Crippen molar-refractivity contribution >= 4 is 5.69 Å². The third-order valence-corrected chi connectivity index (χ3v) is 2.68. The molecule has 0 spiro atoms. The molecule has 3 nitrogen and oxygen atoms in total. The molecule has 19 heavy (non-hydrogen) atoms. The lowest BCUT2D eigenvalue weighted by molar-refractivity contribution is 0.303. The summed E-state index contributed by atoms with van der Waals surface area (Å²) < 4.78 is 18.9. The molecular formula is C15H13FN2O. The van der Waals surface area contributed by atoms with Crippen LogP contribution in [0.5, 0.6) is 5.75 Å². The van der Waals surface area contributed by atoms with Gasteiger partial charge in [-0.05, 0) is 54.4 Å². The van der Waals surface area contributed by atoms with Gasteiger partial charge in [0.05, 0.1) is 11.6 Å². The molecule has 0 amide bonds. The Morgan fingerprint density at radius 1 is 1.26 bits per heavy atom. The summed E-state index contributed by atoms with van der Waals surface area (Å²) in [7, 11) is 0. The smallest absolute Gasteiger partial charge is 0.124 e. The first kappa shape index (κ1) is 12.9. The molecule has 4 heteroatoms. The summed E-state index contributed by atoms with van der Waals surface area (Å²) in [6.07, 6.45) is 0. The van der Waals surface area contributed by atoms with E-state index in [9.17, 15) is 4.39 Å². The predicted octanol–water partition coefficient (Wildman–Crippen LogP) is 3.17. The first-order valence-electron chi connectivity index (χ1n) is 5.77. The highest BCUT2D eigenvalue weighted by molar-refractivity contribution is 5.47. The Morgan fingerprint density at radius 2 is 2.05 bits per heavy atom. The van der Waals surface area contributed by atoms with Gasteiger partial charge in [0.2, 0.25) is 0 Å². The molecule has 96 valence electrons. The van der Waals surface area contributed by atoms with Crippen LogP contribution < -0.4 is 10.5 Å². The Hall–Kier alpha value is -2.54. The minimum Gasteiger partial charge on any atom is -0.489 e. The first-order chi connectivity index (χ1) is 9.08. The number of rotatable bonds is 3. The lowest BCUT2D eigenvalue weighted by Gasteiger charge is -2.10. The normalized spacial score (nSPS) is 9.95. The van der Waals surface area contributed by atoms with Crippen LogP contribution in [-0.4, -0.2) is 0 Å². The van der Waals surface area contributed by atoms with E-state index in [0.29, 0.717) is 17.0 Å². The third-order valence-electron chi connectivity index (χ3n) is 2.68. The average Bonchev–Trinajstić information content (AvgIpc) is 2.37. The number of halogens is 1. The molecule has 0 unspecified atom stereocenters. The molecule has 0 aliphatic carbocycles. The van der Waals surface area contributed by atoms with Crippen LogP contribution in [0.1, 0.15) is 16.7 Å². The number of anilines is 1. The van der Waals surface area contributed by atoms with Crippen molar-refractivity contribution in [2.24, 2.45) is 0 Å². The van der Waals surface area contributed by atoms with Crippen LogP contribution in [0.25, 0.3) is 0 Å². The van der Waals surface area contributed by atoms with E-state index >= 15 is 0 Å². The van der Waals surface area contributed by atoms with E-state index in [1.165, 1.54) is 12.1 Å². The topological polar surface area (TPSA) is 59.0 Å². The minimum atomic E-state index is -0.438. The number of nitrogens with two attached hydrogens (primary N) is 1. The molecule has 2 N–H and O–H groups in total. The molecule has 0 radical (unpaired) electrons. The van der Waals surface area contributed by atoms with Gasteiger partial charge >= 0.3 is 0 Å². The van der Waals surface area contributed by atoms with Gasteiger partial charge in [0.1, 0.15) is 18.2 Å². The van der Waals surface area contributed by atoms with E-state index in [1.807, 2.05) is 19.1 Å². The Balaban J connectivity index is 2.14. The zero-order chi connectivity index (χ0) is 13.8. The lowest BCUT2D eigenvalue weighted by Crippen LogP contribution is -1.99. The minimum absolute atomic E-state index is 0.206. The number of nitriles is 1. The molecule has 0 bridgehead atoms. The van der Waals surface area contributed by atoms with Crippen molar-refractivity contribution in [3.63, 3.8) is 0 Å². The summed E-state index contributed by atoms with van der Waals surface area (Å²) in [6.45, 7) is 2.09. The van der Waals surface area contributed by atoms with Crippen molar-refractivity contribution in [3.8, 4) is 11.8 Å². The van der Waals surface area contributed by atoms with Gasteiger partial charge in [0.25, 0.3) is 0 Å². The SMILES string of the molecule is Cc1cc(N)ccc1OCc1cc(F)cc(C#N)c1. The van der Waals surface area contributed by atoms with Crippen LogP contribution >= 0.6 is 0 Å². The van der Waals surface area contributed by atoms with E-state index in [2.05, 4.69) is 0 Å². The lowest BCUT2D eigenvalue weighted by atomic mass is 10.1. The van der Waals surface area contributed by atoms with Crippen LogP contribution in [0.2, 0.25) is 0 Å². The second-order valence-electron chi connectivity index (χ2n) is 4.27. The van der Waals surface area contributed by atoms with Crippen molar-refractivity contribution in [1.29, 1.82) is 5.26 Å². The fraction of sp³-hybridized carbons (Fsp3) is 0.133. The molecule has 0 saturated carbocycles. The molecule has 0 aromatic heterocycles. The van der Waals surface area contributed by atoms with Gasteiger partial charge in [-0.1, -0.05) is 0 Å². The van der Waals surface area contributed by atoms with E-state index in [4.69, 9.17) is 15.7 Å². The van der Waals surface area contributed by atoms with Crippen molar-refractivity contribution in [2.45, 2.75) is 13.5 Å². The summed E-state index contributed by atoms with van der Waals surface area (Å²) in [5.41, 5.74) is 8.14. The zero-order valence-electron chi connectivity index (χ0n) is 10.5. The molecule has 2 aromatic rings. The number of nitrogen functional groups attached to an aromatic ring is 1. The van der Waals surface area contributed by atoms with E-state index in [0.717, 1.165) is 5.56 Å². The molecule has 0 saturated heterocycles. The highest BCUT2D eigenvalue weighted by atomic mass is 19.1. The van der Waals surface area contributed by atoms with Gasteiger partial charge in [-0.15, -0.1) is 0 Å². The predicted molar refractivity (Wildman–Crippen MR) is 71.0 cm³/mol. The van der Waals surface area contributed by atoms with Crippen molar-refractivity contribution in [2.75, 3.05) is 5.73 Å². The number of hydrogen-bond donors (Lipinski definition) is 1. The van der Waals surface area contributed by atoms with Crippen LogP contribution in [0, 0.1) is 24.1 Å². The maximum atomic E-state index is 13.2. The molecule has 2 rings (SSSR count). The van der Waals surface area contributed by atoms with Crippen LogP contribution in [-0.2, 0) is 6.61 Å². The molecule has 0 aliphatic heterocycles. The summed E-state index contributed by atoms with van der Waals surface area (Å²) in [4.78, 5) is 0. The quantitative estimate of drug-likeness (QED) is 0.858. The van der Waals surface area contributed by atoms with Gasteiger partial charge in [0.15, 0.2) is 0 Å². The van der Waals surface area contributed by atoms with Gasteiger partial charge in [-0.3, -0.25) is 0 Å². The largest absolute Gasteiger partial charge is 0.489 e. The fourth-order valence-corrected chi connectivity index (χ4v) is 1.79. The van der Waals surface area contributed by atoms with Crippen LogP contribution in [0.3, 0.4) is 0 Å². The van der Waals surface area contributed by atoms with Crippen molar-refractivity contribution in [1.82, 2.24) is 0 Å². The monoisotopic (exact) mass is 256 g/mol. The average molecular weight is 256 g/mol. The molecule has 0 heterocycles. The van der Waals surface area contributed by atoms with Gasteiger partial charge in [0, 0.05) is 5.69 Å². The Kier molecular flexibility index (Phi) is 3.67. The summed E-state index contributed by atoms with van der Waals surface area (Å²) in [5, 5.41) is 8.78. The van der Waals surface area contributed by atoms with E-state index in [1.54, 1.807) is 18.2 Å². The highest BCUT2D eigenvalue weighted by Crippen LogP contribution is 2.21. The maximum Gasteiger partial charge on any atom is 0.124 e. The molecule has 0 atom stereocenters. The number of hydrogen-bond acceptors (Lipinski definition) is 3. The second kappa shape index (κ2) is 5.40. The van der Waals surface area contributed by atoms with Crippen molar-refractivity contribution in [3.05, 3.63) is 58.9 Å². The third kappa shape index (κ3) is 3.23. The second-order valence-corrected chi connectivity index (χ2v) is 4.27. The number of ether oxygens (including phenoxy) is 1. The molecule has 0 aliphatic rings. The maximum absolute atomic E-state index is 13.2. The first-order valence-corrected chi connectivity index (χ1v) is 5.77.